The zero-order chi connectivity index (χ0) is 21.3. The van der Waals surface area contributed by atoms with E-state index in [9.17, 15) is 18.0 Å². The first kappa shape index (κ1) is 19.8. The summed E-state index contributed by atoms with van der Waals surface area (Å²) in [5.41, 5.74) is 1.85. The van der Waals surface area contributed by atoms with Crippen LogP contribution in [0.2, 0.25) is 0 Å². The predicted octanol–water partition coefficient (Wildman–Crippen LogP) is 5.09. The van der Waals surface area contributed by atoms with Gasteiger partial charge in [0, 0.05) is 34.6 Å². The van der Waals surface area contributed by atoms with Crippen LogP contribution in [0.25, 0.3) is 10.8 Å². The van der Waals surface area contributed by atoms with E-state index in [0.29, 0.717) is 17.7 Å². The third-order valence-electron chi connectivity index (χ3n) is 4.72. The van der Waals surface area contributed by atoms with E-state index in [4.69, 9.17) is 4.74 Å². The number of benzene rings is 2. The van der Waals surface area contributed by atoms with Gasteiger partial charge >= 0.3 is 12.4 Å². The number of carbonyl (C=O) groups excluding carboxylic acids is 1. The molecule has 6 nitrogen and oxygen atoms in total. The summed E-state index contributed by atoms with van der Waals surface area (Å²) < 4.78 is 47.4. The third-order valence-corrected chi connectivity index (χ3v) is 4.72. The molecule has 1 aromatic heterocycles. The van der Waals surface area contributed by atoms with Gasteiger partial charge in [0.2, 0.25) is 0 Å². The Morgan fingerprint density at radius 3 is 2.83 bits per heavy atom. The van der Waals surface area contributed by atoms with Gasteiger partial charge < -0.3 is 20.1 Å². The first-order chi connectivity index (χ1) is 14.3. The van der Waals surface area contributed by atoms with Crippen molar-refractivity contribution >= 4 is 22.5 Å². The summed E-state index contributed by atoms with van der Waals surface area (Å²) in [6, 6.07) is 10.6. The first-order valence-electron chi connectivity index (χ1n) is 9.24. The Bertz CT molecular complexity index is 1100. The molecule has 0 radical (unpaired) electrons. The number of halogens is 3. The molecular weight excluding hydrogens is 399 g/mol. The molecule has 0 unspecified atom stereocenters. The molecule has 30 heavy (non-hydrogen) atoms. The van der Waals surface area contributed by atoms with Crippen LogP contribution in [0.5, 0.6) is 11.5 Å². The Labute approximate surface area is 170 Å². The fourth-order valence-corrected chi connectivity index (χ4v) is 3.45. The van der Waals surface area contributed by atoms with Crippen molar-refractivity contribution < 1.29 is 27.4 Å². The molecule has 2 amide bonds. The molecule has 0 saturated heterocycles. The number of ether oxygens (including phenoxy) is 2. The van der Waals surface area contributed by atoms with E-state index >= 15 is 0 Å². The van der Waals surface area contributed by atoms with E-state index in [1.807, 2.05) is 19.1 Å². The fraction of sp³-hybridized carbons (Fsp3) is 0.238. The molecule has 9 heteroatoms. The van der Waals surface area contributed by atoms with E-state index in [0.717, 1.165) is 16.5 Å². The molecule has 1 atom stereocenters. The molecule has 2 heterocycles. The Hall–Kier alpha value is -3.49. The zero-order valence-electron chi connectivity index (χ0n) is 15.9. The summed E-state index contributed by atoms with van der Waals surface area (Å²) in [4.78, 5) is 16.9. The van der Waals surface area contributed by atoms with Gasteiger partial charge in [-0.05, 0) is 25.1 Å². The van der Waals surface area contributed by atoms with Crippen LogP contribution in [0.4, 0.5) is 23.7 Å². The lowest BCUT2D eigenvalue weighted by Gasteiger charge is -2.28. The van der Waals surface area contributed by atoms with Crippen LogP contribution in [0.15, 0.2) is 48.7 Å². The molecule has 3 aromatic rings. The number of alkyl halides is 3. The van der Waals surface area contributed by atoms with Crippen molar-refractivity contribution in [2.45, 2.75) is 25.7 Å². The molecule has 0 saturated carbocycles. The Morgan fingerprint density at radius 1 is 1.23 bits per heavy atom. The number of hydrogen-bond donors (Lipinski definition) is 2. The number of nitrogens with zero attached hydrogens (tertiary/aromatic N) is 1. The number of fused-ring (bicyclic) bond motifs is 2. The SMILES string of the molecule is Cc1cc2c(NC(=O)N[C@@H]3CCOc4c(OC(F)(F)F)cccc43)cccc2cn1. The van der Waals surface area contributed by atoms with Gasteiger partial charge in [-0.15, -0.1) is 13.2 Å². The van der Waals surface area contributed by atoms with Gasteiger partial charge in [0.1, 0.15) is 0 Å². The maximum Gasteiger partial charge on any atom is 0.573 e. The molecule has 0 bridgehead atoms. The first-order valence-corrected chi connectivity index (χ1v) is 9.24. The average molecular weight is 417 g/mol. The summed E-state index contributed by atoms with van der Waals surface area (Å²) in [6.07, 6.45) is -2.70. The normalized spacial score (nSPS) is 15.8. The molecule has 1 aliphatic rings. The van der Waals surface area contributed by atoms with Crippen LogP contribution in [0.1, 0.15) is 23.7 Å². The Balaban J connectivity index is 1.55. The molecule has 2 aromatic carbocycles. The monoisotopic (exact) mass is 417 g/mol. The van der Waals surface area contributed by atoms with Crippen molar-refractivity contribution in [1.82, 2.24) is 10.3 Å². The van der Waals surface area contributed by atoms with E-state index in [-0.39, 0.29) is 12.4 Å². The Kier molecular flexibility index (Phi) is 5.11. The van der Waals surface area contributed by atoms with Gasteiger partial charge in [0.15, 0.2) is 11.5 Å². The van der Waals surface area contributed by atoms with Crippen molar-refractivity contribution in [3.8, 4) is 11.5 Å². The second kappa shape index (κ2) is 7.74. The average Bonchev–Trinajstić information content (AvgIpc) is 2.68. The molecular formula is C21H18F3N3O3. The minimum absolute atomic E-state index is 0.0155. The number of nitrogens with one attached hydrogen (secondary N) is 2. The smallest absolute Gasteiger partial charge is 0.489 e. The van der Waals surface area contributed by atoms with Gasteiger partial charge in [0.25, 0.3) is 0 Å². The number of hydrogen-bond acceptors (Lipinski definition) is 4. The quantitative estimate of drug-likeness (QED) is 0.623. The minimum Gasteiger partial charge on any atom is -0.489 e. The van der Waals surface area contributed by atoms with Crippen LogP contribution in [-0.4, -0.2) is 24.0 Å². The minimum atomic E-state index is -4.84. The van der Waals surface area contributed by atoms with Crippen LogP contribution < -0.4 is 20.1 Å². The second-order valence-corrected chi connectivity index (χ2v) is 6.86. The zero-order valence-corrected chi connectivity index (χ0v) is 15.9. The number of para-hydroxylation sites is 1. The van der Waals surface area contributed by atoms with Crippen molar-refractivity contribution in [3.05, 3.63) is 59.9 Å². The highest BCUT2D eigenvalue weighted by molar-refractivity contribution is 6.01. The molecule has 1 aliphatic heterocycles. The van der Waals surface area contributed by atoms with Gasteiger partial charge in [-0.2, -0.15) is 0 Å². The van der Waals surface area contributed by atoms with Crippen LogP contribution in [0, 0.1) is 6.92 Å². The van der Waals surface area contributed by atoms with E-state index in [2.05, 4.69) is 20.4 Å². The van der Waals surface area contributed by atoms with Gasteiger partial charge in [-0.25, -0.2) is 4.79 Å². The molecule has 0 spiro atoms. The van der Waals surface area contributed by atoms with E-state index in [1.54, 1.807) is 24.4 Å². The summed E-state index contributed by atoms with van der Waals surface area (Å²) in [6.45, 7) is 2.01. The number of pyridine rings is 1. The van der Waals surface area contributed by atoms with Crippen LogP contribution >= 0.6 is 0 Å². The number of amides is 2. The lowest BCUT2D eigenvalue weighted by molar-refractivity contribution is -0.275. The largest absolute Gasteiger partial charge is 0.573 e. The summed E-state index contributed by atoms with van der Waals surface area (Å²) in [5.74, 6) is -0.442. The lowest BCUT2D eigenvalue weighted by Crippen LogP contribution is -2.35. The molecule has 2 N–H and O–H groups in total. The fourth-order valence-electron chi connectivity index (χ4n) is 3.45. The number of anilines is 1. The number of carbonyl (C=O) groups is 1. The highest BCUT2D eigenvalue weighted by atomic mass is 19.4. The number of aromatic nitrogens is 1. The second-order valence-electron chi connectivity index (χ2n) is 6.86. The number of aryl methyl sites for hydroxylation is 1. The highest BCUT2D eigenvalue weighted by Gasteiger charge is 2.34. The van der Waals surface area contributed by atoms with Crippen LogP contribution in [-0.2, 0) is 0 Å². The van der Waals surface area contributed by atoms with Crippen molar-refractivity contribution in [2.75, 3.05) is 11.9 Å². The van der Waals surface area contributed by atoms with Gasteiger partial charge in [-0.3, -0.25) is 4.98 Å². The lowest BCUT2D eigenvalue weighted by atomic mass is 10.00. The van der Waals surface area contributed by atoms with E-state index in [1.165, 1.54) is 12.1 Å². The number of urea groups is 1. The third kappa shape index (κ3) is 4.24. The summed E-state index contributed by atoms with van der Waals surface area (Å²) >= 11 is 0. The Morgan fingerprint density at radius 2 is 2.03 bits per heavy atom. The summed E-state index contributed by atoms with van der Waals surface area (Å²) in [7, 11) is 0. The van der Waals surface area contributed by atoms with E-state index < -0.39 is 24.2 Å². The highest BCUT2D eigenvalue weighted by Crippen LogP contribution is 2.41. The maximum atomic E-state index is 12.7. The van der Waals surface area contributed by atoms with Gasteiger partial charge in [0.05, 0.1) is 18.3 Å². The molecule has 156 valence electrons. The van der Waals surface area contributed by atoms with Crippen molar-refractivity contribution in [3.63, 3.8) is 0 Å². The van der Waals surface area contributed by atoms with Crippen molar-refractivity contribution in [2.24, 2.45) is 0 Å². The topological polar surface area (TPSA) is 72.5 Å². The predicted molar refractivity (Wildman–Crippen MR) is 105 cm³/mol. The van der Waals surface area contributed by atoms with Crippen LogP contribution in [0.3, 0.4) is 0 Å². The molecule has 0 aliphatic carbocycles. The number of rotatable bonds is 3. The molecule has 0 fully saturated rings. The van der Waals surface area contributed by atoms with Crippen molar-refractivity contribution in [1.29, 1.82) is 0 Å². The molecule has 4 rings (SSSR count). The van der Waals surface area contributed by atoms with Gasteiger partial charge in [-0.1, -0.05) is 24.3 Å². The standard InChI is InChI=1S/C21H18F3N3O3/c1-12-10-15-13(11-25-12)4-2-6-16(15)26-20(28)27-17-8-9-29-19-14(17)5-3-7-18(19)30-21(22,23)24/h2-7,10-11,17H,8-9H2,1H3,(H2,26,27,28)/t17-/m1/s1. The summed E-state index contributed by atoms with van der Waals surface area (Å²) in [5, 5.41) is 7.34. The maximum absolute atomic E-state index is 12.7.